The topological polar surface area (TPSA) is 93.2 Å². The van der Waals surface area contributed by atoms with Crippen molar-refractivity contribution in [3.8, 4) is 17.0 Å². The van der Waals surface area contributed by atoms with E-state index in [1.54, 1.807) is 24.4 Å². The second-order valence-corrected chi connectivity index (χ2v) is 7.79. The predicted molar refractivity (Wildman–Crippen MR) is 119 cm³/mol. The number of hydrogen-bond donors (Lipinski definition) is 1. The van der Waals surface area contributed by atoms with Crippen LogP contribution in [0.25, 0.3) is 22.2 Å². The van der Waals surface area contributed by atoms with Crippen LogP contribution in [-0.4, -0.2) is 57.8 Å². The second-order valence-electron chi connectivity index (χ2n) is 7.79. The molecule has 0 spiro atoms. The minimum Gasteiger partial charge on any atom is -0.497 e. The highest BCUT2D eigenvalue weighted by atomic mass is 16.5. The van der Waals surface area contributed by atoms with Gasteiger partial charge in [-0.3, -0.25) is 14.9 Å². The van der Waals surface area contributed by atoms with E-state index in [-0.39, 0.29) is 12.0 Å². The molecule has 3 heterocycles. The molecular weight excluding hydrogens is 406 g/mol. The molecule has 4 aromatic rings. The van der Waals surface area contributed by atoms with Gasteiger partial charge >= 0.3 is 0 Å². The highest BCUT2D eigenvalue weighted by molar-refractivity contribution is 6.04. The lowest BCUT2D eigenvalue weighted by atomic mass is 10.1. The van der Waals surface area contributed by atoms with Crippen molar-refractivity contribution in [2.75, 3.05) is 26.8 Å². The van der Waals surface area contributed by atoms with Gasteiger partial charge in [0.25, 0.3) is 5.91 Å². The summed E-state index contributed by atoms with van der Waals surface area (Å²) in [6, 6.07) is 13.6. The summed E-state index contributed by atoms with van der Waals surface area (Å²) in [5.41, 5.74) is 4.67. The van der Waals surface area contributed by atoms with Crippen LogP contribution in [0.1, 0.15) is 27.8 Å². The summed E-state index contributed by atoms with van der Waals surface area (Å²) >= 11 is 0. The van der Waals surface area contributed by atoms with Gasteiger partial charge < -0.3 is 14.4 Å². The van der Waals surface area contributed by atoms with Crippen molar-refractivity contribution in [3.63, 3.8) is 0 Å². The van der Waals surface area contributed by atoms with Crippen LogP contribution in [0.15, 0.2) is 54.9 Å². The number of fused-ring (bicyclic) bond motifs is 1. The van der Waals surface area contributed by atoms with Gasteiger partial charge in [0, 0.05) is 17.5 Å². The molecule has 5 rings (SSSR count). The van der Waals surface area contributed by atoms with Crippen molar-refractivity contribution < 1.29 is 14.3 Å². The first-order valence-corrected chi connectivity index (χ1v) is 10.4. The van der Waals surface area contributed by atoms with Crippen LogP contribution in [0.2, 0.25) is 0 Å². The maximum atomic E-state index is 13.3. The van der Waals surface area contributed by atoms with Crippen LogP contribution in [0.3, 0.4) is 0 Å². The summed E-state index contributed by atoms with van der Waals surface area (Å²) < 4.78 is 11.3. The molecule has 32 heavy (non-hydrogen) atoms. The van der Waals surface area contributed by atoms with Gasteiger partial charge in [0.05, 0.1) is 49.6 Å². The Kier molecular flexibility index (Phi) is 5.28. The van der Waals surface area contributed by atoms with Crippen LogP contribution in [0, 0.1) is 6.92 Å². The van der Waals surface area contributed by atoms with Crippen LogP contribution in [0.4, 0.5) is 0 Å². The van der Waals surface area contributed by atoms with E-state index in [0.717, 1.165) is 33.5 Å². The molecule has 8 nitrogen and oxygen atoms in total. The Morgan fingerprint density at radius 3 is 3.00 bits per heavy atom. The number of rotatable bonds is 4. The zero-order chi connectivity index (χ0) is 22.1. The summed E-state index contributed by atoms with van der Waals surface area (Å²) in [6.07, 6.45) is 3.04. The summed E-state index contributed by atoms with van der Waals surface area (Å²) in [7, 11) is 1.63. The summed E-state index contributed by atoms with van der Waals surface area (Å²) in [5, 5.41) is 8.07. The van der Waals surface area contributed by atoms with Crippen LogP contribution in [-0.2, 0) is 4.74 Å². The van der Waals surface area contributed by atoms with E-state index in [1.807, 2.05) is 49.4 Å². The number of morpholine rings is 1. The van der Waals surface area contributed by atoms with Crippen LogP contribution >= 0.6 is 0 Å². The number of methoxy groups -OCH3 is 1. The average Bonchev–Trinajstić information content (AvgIpc) is 3.27. The molecule has 1 aliphatic heterocycles. The lowest BCUT2D eigenvalue weighted by molar-refractivity contribution is -0.0249. The zero-order valence-corrected chi connectivity index (χ0v) is 17.9. The highest BCUT2D eigenvalue weighted by Crippen LogP contribution is 2.27. The normalized spacial score (nSPS) is 16.3. The molecule has 8 heteroatoms. The molecule has 162 valence electrons. The molecule has 2 aromatic heterocycles. The van der Waals surface area contributed by atoms with Crippen LogP contribution < -0.4 is 4.74 Å². The molecule has 1 unspecified atom stereocenters. The number of carbonyl (C=O) groups excluding carboxylic acids is 1. The smallest absolute Gasteiger partial charge is 0.275 e. The first-order valence-electron chi connectivity index (χ1n) is 10.4. The minimum atomic E-state index is -0.363. The lowest BCUT2D eigenvalue weighted by Crippen LogP contribution is -2.42. The molecule has 1 fully saturated rings. The van der Waals surface area contributed by atoms with Gasteiger partial charge in [0.2, 0.25) is 0 Å². The van der Waals surface area contributed by atoms with E-state index in [1.165, 1.54) is 0 Å². The lowest BCUT2D eigenvalue weighted by Gasteiger charge is -2.32. The molecule has 1 amide bonds. The van der Waals surface area contributed by atoms with Crippen molar-refractivity contribution in [2.45, 2.75) is 13.0 Å². The Balaban J connectivity index is 1.39. The Hall–Kier alpha value is -3.78. The van der Waals surface area contributed by atoms with Gasteiger partial charge in [0.1, 0.15) is 11.9 Å². The molecule has 1 N–H and O–H groups in total. The molecule has 1 saturated heterocycles. The van der Waals surface area contributed by atoms with Gasteiger partial charge in [0.15, 0.2) is 5.69 Å². The SMILES string of the molecule is COc1cccc(-c2cncc(C3CN(C(=O)c4n[nH]c5ccc(C)cc45)CCO3)n2)c1. The molecule has 0 radical (unpaired) electrons. The molecule has 0 aliphatic carbocycles. The third kappa shape index (κ3) is 3.80. The maximum absolute atomic E-state index is 13.3. The van der Waals surface area contributed by atoms with Crippen molar-refractivity contribution in [3.05, 3.63) is 71.8 Å². The number of ether oxygens (including phenoxy) is 2. The number of aromatic amines is 1. The number of carbonyl (C=O) groups is 1. The van der Waals surface area contributed by atoms with Gasteiger partial charge in [-0.05, 0) is 31.2 Å². The zero-order valence-electron chi connectivity index (χ0n) is 17.9. The Morgan fingerprint density at radius 1 is 1.22 bits per heavy atom. The number of aromatic nitrogens is 4. The van der Waals surface area contributed by atoms with E-state index in [9.17, 15) is 4.79 Å². The Morgan fingerprint density at radius 2 is 2.12 bits per heavy atom. The van der Waals surface area contributed by atoms with Gasteiger partial charge in [-0.15, -0.1) is 0 Å². The first kappa shape index (κ1) is 20.1. The predicted octanol–water partition coefficient (Wildman–Crippen LogP) is 3.55. The fourth-order valence-electron chi connectivity index (χ4n) is 3.91. The maximum Gasteiger partial charge on any atom is 0.275 e. The van der Waals surface area contributed by atoms with Gasteiger partial charge in [-0.1, -0.05) is 23.8 Å². The fourth-order valence-corrected chi connectivity index (χ4v) is 3.91. The Bertz CT molecular complexity index is 1290. The van der Waals surface area contributed by atoms with Crippen molar-refractivity contribution in [2.24, 2.45) is 0 Å². The van der Waals surface area contributed by atoms with Gasteiger partial charge in [-0.25, -0.2) is 4.98 Å². The van der Waals surface area contributed by atoms with E-state index in [2.05, 4.69) is 15.2 Å². The molecule has 1 aliphatic rings. The van der Waals surface area contributed by atoms with Crippen molar-refractivity contribution in [1.29, 1.82) is 0 Å². The largest absolute Gasteiger partial charge is 0.497 e. The number of aryl methyl sites for hydroxylation is 1. The molecule has 0 saturated carbocycles. The summed E-state index contributed by atoms with van der Waals surface area (Å²) in [4.78, 5) is 24.1. The fraction of sp³-hybridized carbons (Fsp3) is 0.250. The number of nitrogens with zero attached hydrogens (tertiary/aromatic N) is 4. The number of hydrogen-bond acceptors (Lipinski definition) is 6. The number of nitrogens with one attached hydrogen (secondary N) is 1. The van der Waals surface area contributed by atoms with E-state index < -0.39 is 0 Å². The number of benzene rings is 2. The quantitative estimate of drug-likeness (QED) is 0.533. The molecule has 0 bridgehead atoms. The molecular formula is C24H23N5O3. The molecule has 2 aromatic carbocycles. The molecule has 1 atom stereocenters. The summed E-state index contributed by atoms with van der Waals surface area (Å²) in [6.45, 7) is 3.30. The first-order chi connectivity index (χ1) is 15.6. The minimum absolute atomic E-state index is 0.118. The van der Waals surface area contributed by atoms with Crippen molar-refractivity contribution >= 4 is 16.8 Å². The van der Waals surface area contributed by atoms with E-state index in [4.69, 9.17) is 14.5 Å². The second kappa shape index (κ2) is 8.39. The monoisotopic (exact) mass is 429 g/mol. The Labute approximate surface area is 185 Å². The van der Waals surface area contributed by atoms with Gasteiger partial charge in [-0.2, -0.15) is 5.10 Å². The number of H-pyrrole nitrogens is 1. The van der Waals surface area contributed by atoms with E-state index >= 15 is 0 Å². The van der Waals surface area contributed by atoms with E-state index in [0.29, 0.717) is 31.1 Å². The third-order valence-corrected chi connectivity index (χ3v) is 5.62. The van der Waals surface area contributed by atoms with Crippen LogP contribution in [0.5, 0.6) is 5.75 Å². The van der Waals surface area contributed by atoms with Crippen molar-refractivity contribution in [1.82, 2.24) is 25.1 Å². The average molecular weight is 429 g/mol. The third-order valence-electron chi connectivity index (χ3n) is 5.62. The number of amides is 1. The highest BCUT2D eigenvalue weighted by Gasteiger charge is 2.29. The summed E-state index contributed by atoms with van der Waals surface area (Å²) in [5.74, 6) is 0.633. The standard InChI is InChI=1S/C24H23N5O3/c1-15-6-7-19-18(10-15)23(28-27-19)24(30)29-8-9-32-22(14-29)21-13-25-12-20(26-21)16-4-3-5-17(11-16)31-2/h3-7,10-13,22H,8-9,14H2,1-2H3,(H,27,28).